The minimum Gasteiger partial charge on any atom is -0.352 e. The standard InChI is InChI=1S/C21H29NO/c1-2-3-4-5-6-7-8-11-17-22-21(23)20-16-12-14-18-13-9-10-15-19(18)20/h9-10,12-16H,2-8,11,17H2,1H3,(H,22,23). The quantitative estimate of drug-likeness (QED) is 0.559. The number of carbonyl (C=O) groups is 1. The van der Waals surface area contributed by atoms with Crippen molar-refractivity contribution in [1.29, 1.82) is 0 Å². The van der Waals surface area contributed by atoms with E-state index in [9.17, 15) is 4.79 Å². The maximum atomic E-state index is 12.4. The third kappa shape index (κ3) is 5.70. The first-order valence-corrected chi connectivity index (χ1v) is 9.09. The van der Waals surface area contributed by atoms with Crippen molar-refractivity contribution in [2.75, 3.05) is 6.54 Å². The largest absolute Gasteiger partial charge is 0.352 e. The molecule has 0 unspecified atom stereocenters. The van der Waals surface area contributed by atoms with E-state index in [0.29, 0.717) is 0 Å². The van der Waals surface area contributed by atoms with Crippen molar-refractivity contribution in [2.24, 2.45) is 0 Å². The number of nitrogens with one attached hydrogen (secondary N) is 1. The lowest BCUT2D eigenvalue weighted by atomic mass is 10.0. The van der Waals surface area contributed by atoms with Gasteiger partial charge in [-0.25, -0.2) is 0 Å². The molecule has 2 aromatic rings. The number of amides is 1. The molecule has 2 aromatic carbocycles. The summed E-state index contributed by atoms with van der Waals surface area (Å²) in [4.78, 5) is 12.4. The lowest BCUT2D eigenvalue weighted by Gasteiger charge is -2.08. The van der Waals surface area contributed by atoms with Gasteiger partial charge in [-0.05, 0) is 23.3 Å². The summed E-state index contributed by atoms with van der Waals surface area (Å²) in [7, 11) is 0. The first kappa shape index (κ1) is 17.5. The van der Waals surface area contributed by atoms with E-state index in [0.717, 1.165) is 29.3 Å². The fourth-order valence-electron chi connectivity index (χ4n) is 2.98. The molecule has 2 heteroatoms. The van der Waals surface area contributed by atoms with E-state index < -0.39 is 0 Å². The number of unbranched alkanes of at least 4 members (excludes halogenated alkanes) is 7. The second-order valence-electron chi connectivity index (χ2n) is 6.26. The van der Waals surface area contributed by atoms with E-state index >= 15 is 0 Å². The monoisotopic (exact) mass is 311 g/mol. The van der Waals surface area contributed by atoms with Gasteiger partial charge in [0, 0.05) is 12.1 Å². The van der Waals surface area contributed by atoms with Crippen LogP contribution in [0.15, 0.2) is 42.5 Å². The highest BCUT2D eigenvalue weighted by Crippen LogP contribution is 2.18. The van der Waals surface area contributed by atoms with Gasteiger partial charge in [-0.2, -0.15) is 0 Å². The number of carbonyl (C=O) groups excluding carboxylic acids is 1. The average Bonchev–Trinajstić information content (AvgIpc) is 2.59. The maximum Gasteiger partial charge on any atom is 0.251 e. The number of benzene rings is 2. The third-order valence-electron chi connectivity index (χ3n) is 4.35. The second kappa shape index (κ2) is 10.0. The maximum absolute atomic E-state index is 12.4. The summed E-state index contributed by atoms with van der Waals surface area (Å²) in [5, 5.41) is 5.21. The van der Waals surface area contributed by atoms with Crippen LogP contribution in [0, 0.1) is 0 Å². The van der Waals surface area contributed by atoms with Crippen molar-refractivity contribution in [3.8, 4) is 0 Å². The molecule has 0 aliphatic rings. The molecular formula is C21H29NO. The zero-order valence-electron chi connectivity index (χ0n) is 14.3. The lowest BCUT2D eigenvalue weighted by molar-refractivity contribution is 0.0954. The fourth-order valence-corrected chi connectivity index (χ4v) is 2.98. The third-order valence-corrected chi connectivity index (χ3v) is 4.35. The van der Waals surface area contributed by atoms with Crippen LogP contribution < -0.4 is 5.32 Å². The molecule has 2 nitrogen and oxygen atoms in total. The summed E-state index contributed by atoms with van der Waals surface area (Å²) in [6, 6.07) is 14.0. The normalized spacial score (nSPS) is 10.8. The molecule has 0 saturated heterocycles. The minimum absolute atomic E-state index is 0.0461. The van der Waals surface area contributed by atoms with Crippen LogP contribution in [0.4, 0.5) is 0 Å². The summed E-state index contributed by atoms with van der Waals surface area (Å²) < 4.78 is 0. The van der Waals surface area contributed by atoms with Gasteiger partial charge in [-0.15, -0.1) is 0 Å². The fraction of sp³-hybridized carbons (Fsp3) is 0.476. The zero-order chi connectivity index (χ0) is 16.3. The van der Waals surface area contributed by atoms with E-state index in [1.807, 2.05) is 42.5 Å². The summed E-state index contributed by atoms with van der Waals surface area (Å²) in [5.41, 5.74) is 0.780. The summed E-state index contributed by atoms with van der Waals surface area (Å²) in [5.74, 6) is 0.0461. The predicted octanol–water partition coefficient (Wildman–Crippen LogP) is 5.71. The molecule has 0 heterocycles. The second-order valence-corrected chi connectivity index (χ2v) is 6.26. The Bertz CT molecular complexity index is 600. The van der Waals surface area contributed by atoms with Gasteiger partial charge in [0.15, 0.2) is 0 Å². The lowest BCUT2D eigenvalue weighted by Crippen LogP contribution is -2.24. The molecule has 0 fully saturated rings. The Labute approximate surface area is 140 Å². The van der Waals surface area contributed by atoms with Crippen LogP contribution in [0.3, 0.4) is 0 Å². The molecule has 0 radical (unpaired) electrons. The molecule has 2 rings (SSSR count). The SMILES string of the molecule is CCCCCCCCCCNC(=O)c1cccc2ccccc12. The molecule has 1 N–H and O–H groups in total. The first-order valence-electron chi connectivity index (χ1n) is 9.09. The highest BCUT2D eigenvalue weighted by atomic mass is 16.1. The van der Waals surface area contributed by atoms with E-state index in [1.165, 1.54) is 44.9 Å². The van der Waals surface area contributed by atoms with Gasteiger partial charge in [-0.3, -0.25) is 4.79 Å². The topological polar surface area (TPSA) is 29.1 Å². The summed E-state index contributed by atoms with van der Waals surface area (Å²) in [6.07, 6.45) is 10.3. The van der Waals surface area contributed by atoms with Gasteiger partial charge in [0.1, 0.15) is 0 Å². The van der Waals surface area contributed by atoms with Crippen molar-refractivity contribution in [1.82, 2.24) is 5.32 Å². The minimum atomic E-state index is 0.0461. The molecule has 0 saturated carbocycles. The molecule has 0 aliphatic heterocycles. The predicted molar refractivity (Wildman–Crippen MR) is 98.9 cm³/mol. The van der Waals surface area contributed by atoms with Gasteiger partial charge >= 0.3 is 0 Å². The summed E-state index contributed by atoms with van der Waals surface area (Å²) >= 11 is 0. The molecular weight excluding hydrogens is 282 g/mol. The Morgan fingerprint density at radius 3 is 2.26 bits per heavy atom. The Balaban J connectivity index is 1.69. The highest BCUT2D eigenvalue weighted by Gasteiger charge is 2.08. The molecule has 1 amide bonds. The van der Waals surface area contributed by atoms with Crippen LogP contribution >= 0.6 is 0 Å². The van der Waals surface area contributed by atoms with Crippen molar-refractivity contribution in [3.05, 3.63) is 48.0 Å². The van der Waals surface area contributed by atoms with Crippen LogP contribution in [-0.2, 0) is 0 Å². The van der Waals surface area contributed by atoms with Crippen LogP contribution in [0.25, 0.3) is 10.8 Å². The van der Waals surface area contributed by atoms with Crippen molar-refractivity contribution in [3.63, 3.8) is 0 Å². The van der Waals surface area contributed by atoms with E-state index in [-0.39, 0.29) is 5.91 Å². The van der Waals surface area contributed by atoms with Crippen molar-refractivity contribution in [2.45, 2.75) is 58.3 Å². The summed E-state index contributed by atoms with van der Waals surface area (Å²) in [6.45, 7) is 3.02. The van der Waals surface area contributed by atoms with Crippen molar-refractivity contribution < 1.29 is 4.79 Å². The highest BCUT2D eigenvalue weighted by molar-refractivity contribution is 6.06. The van der Waals surface area contributed by atoms with Gasteiger partial charge < -0.3 is 5.32 Å². The number of hydrogen-bond acceptors (Lipinski definition) is 1. The van der Waals surface area contributed by atoms with Gasteiger partial charge in [0.05, 0.1) is 0 Å². The number of fused-ring (bicyclic) bond motifs is 1. The molecule has 0 spiro atoms. The average molecular weight is 311 g/mol. The molecule has 0 aliphatic carbocycles. The Morgan fingerprint density at radius 2 is 1.48 bits per heavy atom. The van der Waals surface area contributed by atoms with Crippen LogP contribution in [-0.4, -0.2) is 12.5 Å². The Hall–Kier alpha value is -1.83. The van der Waals surface area contributed by atoms with Gasteiger partial charge in [-0.1, -0.05) is 88.3 Å². The molecule has 0 bridgehead atoms. The van der Waals surface area contributed by atoms with Gasteiger partial charge in [0.2, 0.25) is 0 Å². The first-order chi connectivity index (χ1) is 11.3. The van der Waals surface area contributed by atoms with E-state index in [4.69, 9.17) is 0 Å². The zero-order valence-corrected chi connectivity index (χ0v) is 14.3. The Kier molecular flexibility index (Phi) is 7.65. The molecule has 23 heavy (non-hydrogen) atoms. The molecule has 0 aromatic heterocycles. The Morgan fingerprint density at radius 1 is 0.826 bits per heavy atom. The number of rotatable bonds is 10. The van der Waals surface area contributed by atoms with Crippen LogP contribution in [0.2, 0.25) is 0 Å². The van der Waals surface area contributed by atoms with Crippen molar-refractivity contribution >= 4 is 16.7 Å². The molecule has 124 valence electrons. The van der Waals surface area contributed by atoms with Crippen LogP contribution in [0.5, 0.6) is 0 Å². The van der Waals surface area contributed by atoms with E-state index in [1.54, 1.807) is 0 Å². The van der Waals surface area contributed by atoms with E-state index in [2.05, 4.69) is 12.2 Å². The molecule has 0 atom stereocenters. The van der Waals surface area contributed by atoms with Gasteiger partial charge in [0.25, 0.3) is 5.91 Å². The van der Waals surface area contributed by atoms with Crippen LogP contribution in [0.1, 0.15) is 68.6 Å². The smallest absolute Gasteiger partial charge is 0.251 e. The number of hydrogen-bond donors (Lipinski definition) is 1.